The Labute approximate surface area is 159 Å². The highest BCUT2D eigenvalue weighted by molar-refractivity contribution is 7.11. The molecule has 1 aromatic carbocycles. The number of guanidine groups is 1. The van der Waals surface area contributed by atoms with Gasteiger partial charge in [0.2, 0.25) is 0 Å². The fourth-order valence-electron chi connectivity index (χ4n) is 3.28. The first kappa shape index (κ1) is 18.5. The molecule has 5 nitrogen and oxygen atoms in total. The molecule has 0 radical (unpaired) electrons. The average molecular weight is 370 g/mol. The molecule has 6 heteroatoms. The van der Waals surface area contributed by atoms with Crippen LogP contribution in [-0.4, -0.2) is 36.1 Å². The maximum Gasteiger partial charge on any atom is 0.190 e. The first-order chi connectivity index (χ1) is 12.6. The van der Waals surface area contributed by atoms with Crippen LogP contribution in [0.4, 0.5) is 0 Å². The number of aryl methyl sites for hydroxylation is 3. The third-order valence-corrected chi connectivity index (χ3v) is 5.68. The molecule has 0 bridgehead atoms. The Balaban J connectivity index is 1.49. The second-order valence-corrected chi connectivity index (χ2v) is 7.77. The lowest BCUT2D eigenvalue weighted by Gasteiger charge is -2.11. The van der Waals surface area contributed by atoms with Gasteiger partial charge in [-0.3, -0.25) is 4.99 Å². The van der Waals surface area contributed by atoms with Gasteiger partial charge in [-0.1, -0.05) is 12.1 Å². The quantitative estimate of drug-likeness (QED) is 0.460. The van der Waals surface area contributed by atoms with Crippen molar-refractivity contribution >= 4 is 28.2 Å². The van der Waals surface area contributed by atoms with Gasteiger partial charge < -0.3 is 15.6 Å². The molecule has 2 aromatic heterocycles. The fraction of sp³-hybridized carbons (Fsp3) is 0.400. The molecule has 138 valence electrons. The highest BCUT2D eigenvalue weighted by Crippen LogP contribution is 2.22. The lowest BCUT2D eigenvalue weighted by atomic mass is 10.1. The van der Waals surface area contributed by atoms with E-state index in [1.165, 1.54) is 26.9 Å². The first-order valence-electron chi connectivity index (χ1n) is 9.01. The Bertz CT molecular complexity index is 906. The lowest BCUT2D eigenvalue weighted by molar-refractivity contribution is 0.787. The predicted octanol–water partition coefficient (Wildman–Crippen LogP) is 3.50. The maximum atomic E-state index is 4.48. The summed E-state index contributed by atoms with van der Waals surface area (Å²) in [4.78, 5) is 13.5. The van der Waals surface area contributed by atoms with E-state index < -0.39 is 0 Å². The largest absolute Gasteiger partial charge is 0.361 e. The van der Waals surface area contributed by atoms with E-state index >= 15 is 0 Å². The molecule has 0 aliphatic heterocycles. The summed E-state index contributed by atoms with van der Waals surface area (Å²) in [5.74, 6) is 0.848. The number of H-pyrrole nitrogens is 1. The van der Waals surface area contributed by atoms with E-state index in [4.69, 9.17) is 0 Å². The van der Waals surface area contributed by atoms with E-state index in [-0.39, 0.29) is 0 Å². The molecule has 3 aromatic rings. The number of thiazole rings is 1. The summed E-state index contributed by atoms with van der Waals surface area (Å²) < 4.78 is 0. The van der Waals surface area contributed by atoms with Crippen LogP contribution < -0.4 is 10.6 Å². The van der Waals surface area contributed by atoms with Gasteiger partial charge in [0.25, 0.3) is 0 Å². The van der Waals surface area contributed by atoms with E-state index in [9.17, 15) is 0 Å². The van der Waals surface area contributed by atoms with Crippen LogP contribution in [0.25, 0.3) is 10.9 Å². The molecule has 26 heavy (non-hydrogen) atoms. The van der Waals surface area contributed by atoms with Crippen LogP contribution >= 0.6 is 11.3 Å². The van der Waals surface area contributed by atoms with Crippen LogP contribution in [0.2, 0.25) is 0 Å². The van der Waals surface area contributed by atoms with Gasteiger partial charge in [-0.2, -0.15) is 0 Å². The highest BCUT2D eigenvalue weighted by Gasteiger charge is 2.07. The van der Waals surface area contributed by atoms with Crippen molar-refractivity contribution < 1.29 is 0 Å². The van der Waals surface area contributed by atoms with Crippen molar-refractivity contribution in [2.75, 3.05) is 20.1 Å². The Morgan fingerprint density at radius 2 is 1.92 bits per heavy atom. The molecule has 3 N–H and O–H groups in total. The number of fused-ring (bicyclic) bond motifs is 1. The van der Waals surface area contributed by atoms with Crippen molar-refractivity contribution in [1.82, 2.24) is 20.6 Å². The second-order valence-electron chi connectivity index (χ2n) is 6.48. The van der Waals surface area contributed by atoms with E-state index in [1.54, 1.807) is 11.3 Å². The first-order valence-corrected chi connectivity index (χ1v) is 9.83. The normalized spacial score (nSPS) is 11.9. The summed E-state index contributed by atoms with van der Waals surface area (Å²) in [7, 11) is 1.81. The number of aromatic nitrogens is 2. The van der Waals surface area contributed by atoms with Crippen LogP contribution in [-0.2, 0) is 12.8 Å². The van der Waals surface area contributed by atoms with Crippen molar-refractivity contribution in [3.63, 3.8) is 0 Å². The van der Waals surface area contributed by atoms with Gasteiger partial charge in [-0.25, -0.2) is 4.98 Å². The molecule has 0 saturated carbocycles. The zero-order valence-electron chi connectivity index (χ0n) is 15.9. The topological polar surface area (TPSA) is 65.1 Å². The van der Waals surface area contributed by atoms with Gasteiger partial charge in [0, 0.05) is 48.5 Å². The Morgan fingerprint density at radius 1 is 1.15 bits per heavy atom. The van der Waals surface area contributed by atoms with Gasteiger partial charge >= 0.3 is 0 Å². The van der Waals surface area contributed by atoms with Crippen molar-refractivity contribution in [3.05, 3.63) is 51.1 Å². The van der Waals surface area contributed by atoms with Gasteiger partial charge in [0.1, 0.15) is 0 Å². The van der Waals surface area contributed by atoms with Crippen LogP contribution in [0, 0.1) is 20.8 Å². The number of hydrogen-bond donors (Lipinski definition) is 3. The average Bonchev–Trinajstić information content (AvgIpc) is 3.17. The molecule has 0 unspecified atom stereocenters. The van der Waals surface area contributed by atoms with E-state index in [2.05, 4.69) is 70.8 Å². The molecule has 0 aliphatic rings. The number of aromatic amines is 1. The second kappa shape index (κ2) is 8.36. The van der Waals surface area contributed by atoms with E-state index in [0.29, 0.717) is 0 Å². The Kier molecular flexibility index (Phi) is 5.93. The molecule has 2 heterocycles. The van der Waals surface area contributed by atoms with Gasteiger partial charge in [0.05, 0.1) is 10.7 Å². The van der Waals surface area contributed by atoms with E-state index in [0.717, 1.165) is 42.6 Å². The molecule has 0 fully saturated rings. The molecule has 0 atom stereocenters. The Morgan fingerprint density at radius 3 is 2.62 bits per heavy atom. The standard InChI is InChI=1S/C20H27N5S/c1-13-6-5-7-17-19(13)16(12-24-17)8-10-22-20(21-4)23-11-9-18-14(2)25-15(3)26-18/h5-7,12,24H,8-11H2,1-4H3,(H2,21,22,23). The number of aliphatic imine (C=N–C) groups is 1. The van der Waals surface area contributed by atoms with Crippen LogP contribution in [0.5, 0.6) is 0 Å². The minimum atomic E-state index is 0.847. The Hall–Kier alpha value is -2.34. The van der Waals surface area contributed by atoms with Crippen LogP contribution in [0.1, 0.15) is 26.7 Å². The summed E-state index contributed by atoms with van der Waals surface area (Å²) in [5, 5.41) is 9.28. The maximum absolute atomic E-state index is 4.48. The lowest BCUT2D eigenvalue weighted by Crippen LogP contribution is -2.39. The smallest absolute Gasteiger partial charge is 0.190 e. The molecule has 0 saturated heterocycles. The summed E-state index contributed by atoms with van der Waals surface area (Å²) in [6.07, 6.45) is 4.04. The zero-order valence-corrected chi connectivity index (χ0v) is 16.8. The number of benzene rings is 1. The molecule has 0 aliphatic carbocycles. The molecule has 0 amide bonds. The molecular weight excluding hydrogens is 342 g/mol. The SMILES string of the molecule is CN=C(NCCc1sc(C)nc1C)NCCc1c[nH]c2cccc(C)c12. The van der Waals surface area contributed by atoms with E-state index in [1.807, 2.05) is 7.05 Å². The third kappa shape index (κ3) is 4.25. The summed E-state index contributed by atoms with van der Waals surface area (Å²) in [5.41, 5.74) is 5.01. The molecule has 3 rings (SSSR count). The van der Waals surface area contributed by atoms with Crippen molar-refractivity contribution in [1.29, 1.82) is 0 Å². The van der Waals surface area contributed by atoms with Crippen molar-refractivity contribution in [2.45, 2.75) is 33.6 Å². The minimum Gasteiger partial charge on any atom is -0.361 e. The molecular formula is C20H27N5S. The number of rotatable bonds is 6. The van der Waals surface area contributed by atoms with Crippen LogP contribution in [0.15, 0.2) is 29.4 Å². The molecule has 0 spiro atoms. The van der Waals surface area contributed by atoms with Crippen LogP contribution in [0.3, 0.4) is 0 Å². The summed E-state index contributed by atoms with van der Waals surface area (Å²) in [6, 6.07) is 6.38. The third-order valence-electron chi connectivity index (χ3n) is 4.55. The monoisotopic (exact) mass is 369 g/mol. The highest BCUT2D eigenvalue weighted by atomic mass is 32.1. The predicted molar refractivity (Wildman–Crippen MR) is 111 cm³/mol. The van der Waals surface area contributed by atoms with Crippen molar-refractivity contribution in [3.8, 4) is 0 Å². The fourth-order valence-corrected chi connectivity index (χ4v) is 4.22. The number of hydrogen-bond acceptors (Lipinski definition) is 3. The number of nitrogens with zero attached hydrogens (tertiary/aromatic N) is 2. The summed E-state index contributed by atoms with van der Waals surface area (Å²) >= 11 is 1.78. The van der Waals surface area contributed by atoms with Gasteiger partial charge in [-0.05, 0) is 44.4 Å². The van der Waals surface area contributed by atoms with Gasteiger partial charge in [-0.15, -0.1) is 11.3 Å². The minimum absolute atomic E-state index is 0.847. The van der Waals surface area contributed by atoms with Crippen molar-refractivity contribution in [2.24, 2.45) is 4.99 Å². The summed E-state index contributed by atoms with van der Waals surface area (Å²) in [6.45, 7) is 8.00. The zero-order chi connectivity index (χ0) is 18.5. The van der Waals surface area contributed by atoms with Gasteiger partial charge in [0.15, 0.2) is 5.96 Å². The number of nitrogens with one attached hydrogen (secondary N) is 3.